The van der Waals surface area contributed by atoms with Crippen molar-refractivity contribution < 1.29 is 25.6 Å². The highest BCUT2D eigenvalue weighted by atomic mass is 35.5. The zero-order valence-electron chi connectivity index (χ0n) is 10.5. The van der Waals surface area contributed by atoms with Gasteiger partial charge in [-0.15, -0.1) is 12.4 Å². The molecule has 0 aliphatic rings. The minimum atomic E-state index is -4.29. The topological polar surface area (TPSA) is 132 Å². The standard InChI is InChI=1S/C9H13F2N3O4S2.ClH/c10-9(11,5-12)6-14-20(17,18)8-3-1-2-7(4-8)19(13,15)16;/h1-4,14H,5-6,12H2,(H2,13,15,16);1H. The van der Waals surface area contributed by atoms with Crippen molar-refractivity contribution in [3.8, 4) is 0 Å². The molecule has 0 spiro atoms. The van der Waals surface area contributed by atoms with Gasteiger partial charge in [0.05, 0.1) is 22.9 Å². The van der Waals surface area contributed by atoms with Crippen molar-refractivity contribution >= 4 is 32.5 Å². The molecule has 1 aromatic rings. The number of hydrogen-bond donors (Lipinski definition) is 3. The fraction of sp³-hybridized carbons (Fsp3) is 0.333. The van der Waals surface area contributed by atoms with Crippen LogP contribution in [0.5, 0.6) is 0 Å². The van der Waals surface area contributed by atoms with E-state index in [0.29, 0.717) is 0 Å². The molecule has 0 aliphatic heterocycles. The highest BCUT2D eigenvalue weighted by Gasteiger charge is 2.29. The zero-order chi connectivity index (χ0) is 15.6. The van der Waals surface area contributed by atoms with Crippen LogP contribution in [0.1, 0.15) is 0 Å². The van der Waals surface area contributed by atoms with E-state index < -0.39 is 48.8 Å². The molecule has 1 aromatic carbocycles. The van der Waals surface area contributed by atoms with Crippen molar-refractivity contribution in [2.45, 2.75) is 15.7 Å². The number of alkyl halides is 2. The quantitative estimate of drug-likeness (QED) is 0.632. The Kier molecular flexibility index (Phi) is 6.66. The second kappa shape index (κ2) is 6.94. The first-order valence-corrected chi connectivity index (χ1v) is 8.21. The van der Waals surface area contributed by atoms with E-state index in [1.54, 1.807) is 4.72 Å². The fourth-order valence-electron chi connectivity index (χ4n) is 1.17. The van der Waals surface area contributed by atoms with Gasteiger partial charge in [0.15, 0.2) is 0 Å². The molecule has 12 heteroatoms. The van der Waals surface area contributed by atoms with Crippen LogP contribution in [0.3, 0.4) is 0 Å². The van der Waals surface area contributed by atoms with Crippen LogP contribution in [0, 0.1) is 0 Å². The van der Waals surface area contributed by atoms with E-state index in [1.807, 2.05) is 0 Å². The second-order valence-electron chi connectivity index (χ2n) is 3.90. The zero-order valence-corrected chi connectivity index (χ0v) is 12.9. The molecule has 0 aromatic heterocycles. The molecule has 7 nitrogen and oxygen atoms in total. The molecule has 0 bridgehead atoms. The number of halogens is 3. The summed E-state index contributed by atoms with van der Waals surface area (Å²) in [7, 11) is -8.39. The van der Waals surface area contributed by atoms with Crippen LogP contribution >= 0.6 is 12.4 Å². The van der Waals surface area contributed by atoms with Crippen LogP contribution in [-0.2, 0) is 20.0 Å². The molecule has 0 amide bonds. The highest BCUT2D eigenvalue weighted by Crippen LogP contribution is 2.16. The highest BCUT2D eigenvalue weighted by molar-refractivity contribution is 7.90. The number of hydrogen-bond acceptors (Lipinski definition) is 5. The maximum Gasteiger partial charge on any atom is 0.273 e. The van der Waals surface area contributed by atoms with Gasteiger partial charge in [-0.1, -0.05) is 6.07 Å². The van der Waals surface area contributed by atoms with Crippen LogP contribution in [0.2, 0.25) is 0 Å². The van der Waals surface area contributed by atoms with Crippen LogP contribution in [0.25, 0.3) is 0 Å². The summed E-state index contributed by atoms with van der Waals surface area (Å²) in [5.41, 5.74) is 4.77. The molecule has 1 rings (SSSR count). The summed E-state index contributed by atoms with van der Waals surface area (Å²) < 4.78 is 73.2. The van der Waals surface area contributed by atoms with Crippen molar-refractivity contribution in [3.63, 3.8) is 0 Å². The second-order valence-corrected chi connectivity index (χ2v) is 7.23. The van der Waals surface area contributed by atoms with Crippen LogP contribution in [0.15, 0.2) is 34.1 Å². The van der Waals surface area contributed by atoms with Crippen molar-refractivity contribution in [2.24, 2.45) is 10.9 Å². The molecule has 5 N–H and O–H groups in total. The van der Waals surface area contributed by atoms with Gasteiger partial charge in [-0.3, -0.25) is 0 Å². The third-order valence-corrected chi connectivity index (χ3v) is 4.57. The van der Waals surface area contributed by atoms with E-state index in [9.17, 15) is 25.6 Å². The Balaban J connectivity index is 0.00000400. The normalized spacial score (nSPS) is 12.8. The third-order valence-electron chi connectivity index (χ3n) is 2.26. The summed E-state index contributed by atoms with van der Waals surface area (Å²) >= 11 is 0. The van der Waals surface area contributed by atoms with E-state index >= 15 is 0 Å². The van der Waals surface area contributed by atoms with Gasteiger partial charge in [0.2, 0.25) is 20.0 Å². The summed E-state index contributed by atoms with van der Waals surface area (Å²) in [6, 6.07) is 4.05. The molecule has 0 saturated heterocycles. The summed E-state index contributed by atoms with van der Waals surface area (Å²) in [6.07, 6.45) is 0. The van der Waals surface area contributed by atoms with Gasteiger partial charge >= 0.3 is 0 Å². The van der Waals surface area contributed by atoms with Gasteiger partial charge in [0, 0.05) is 0 Å². The Hall–Kier alpha value is -0.850. The van der Waals surface area contributed by atoms with Crippen LogP contribution in [-0.4, -0.2) is 35.8 Å². The minimum absolute atomic E-state index is 0. The monoisotopic (exact) mass is 365 g/mol. The van der Waals surface area contributed by atoms with Crippen molar-refractivity contribution in [3.05, 3.63) is 24.3 Å². The van der Waals surface area contributed by atoms with E-state index in [1.165, 1.54) is 0 Å². The maximum absolute atomic E-state index is 12.9. The Morgan fingerprint density at radius 3 is 2.14 bits per heavy atom. The number of nitrogens with one attached hydrogen (secondary N) is 1. The van der Waals surface area contributed by atoms with Crippen molar-refractivity contribution in [1.82, 2.24) is 4.72 Å². The van der Waals surface area contributed by atoms with E-state index in [2.05, 4.69) is 0 Å². The lowest BCUT2D eigenvalue weighted by atomic mass is 10.3. The van der Waals surface area contributed by atoms with Crippen molar-refractivity contribution in [2.75, 3.05) is 13.1 Å². The Morgan fingerprint density at radius 2 is 1.67 bits per heavy atom. The van der Waals surface area contributed by atoms with Crippen LogP contribution in [0.4, 0.5) is 8.78 Å². The molecule has 0 heterocycles. The predicted molar refractivity (Wildman–Crippen MR) is 74.3 cm³/mol. The number of benzene rings is 1. The average molecular weight is 366 g/mol. The Labute approximate surface area is 127 Å². The molecule has 122 valence electrons. The van der Waals surface area contributed by atoms with Gasteiger partial charge in [0.25, 0.3) is 5.92 Å². The summed E-state index contributed by atoms with van der Waals surface area (Å²) in [4.78, 5) is -0.928. The molecular formula is C9H14ClF2N3O4S2. The fourth-order valence-corrected chi connectivity index (χ4v) is 2.92. The molecule has 21 heavy (non-hydrogen) atoms. The molecule has 0 aliphatic carbocycles. The Bertz CT molecular complexity index is 695. The first kappa shape index (κ1) is 20.1. The molecular weight excluding hydrogens is 352 g/mol. The van der Waals surface area contributed by atoms with Crippen LogP contribution < -0.4 is 15.6 Å². The number of nitrogens with two attached hydrogens (primary N) is 2. The lowest BCUT2D eigenvalue weighted by Gasteiger charge is -2.14. The number of rotatable bonds is 6. The van der Waals surface area contributed by atoms with E-state index in [4.69, 9.17) is 10.9 Å². The van der Waals surface area contributed by atoms with Crippen molar-refractivity contribution in [1.29, 1.82) is 0 Å². The summed E-state index contributed by atoms with van der Waals surface area (Å²) in [6.45, 7) is -2.21. The predicted octanol–water partition coefficient (Wildman–Crippen LogP) is -0.372. The number of primary sulfonamides is 1. The van der Waals surface area contributed by atoms with E-state index in [0.717, 1.165) is 24.3 Å². The van der Waals surface area contributed by atoms with Gasteiger partial charge in [0.1, 0.15) is 0 Å². The van der Waals surface area contributed by atoms with E-state index in [-0.39, 0.29) is 12.4 Å². The summed E-state index contributed by atoms with van der Waals surface area (Å²) in [5, 5.41) is 4.85. The third kappa shape index (κ3) is 5.80. The van der Waals surface area contributed by atoms with Gasteiger partial charge in [-0.25, -0.2) is 35.5 Å². The first-order valence-electron chi connectivity index (χ1n) is 5.18. The van der Waals surface area contributed by atoms with Gasteiger partial charge < -0.3 is 5.73 Å². The number of sulfonamides is 2. The van der Waals surface area contributed by atoms with Gasteiger partial charge in [-0.2, -0.15) is 0 Å². The largest absolute Gasteiger partial charge is 0.325 e. The lowest BCUT2D eigenvalue weighted by molar-refractivity contribution is 0.0170. The molecule has 0 fully saturated rings. The molecule has 0 atom stereocenters. The minimum Gasteiger partial charge on any atom is -0.325 e. The van der Waals surface area contributed by atoms with Gasteiger partial charge in [-0.05, 0) is 18.2 Å². The molecule has 0 saturated carbocycles. The molecule has 0 radical (unpaired) electrons. The maximum atomic E-state index is 12.9. The average Bonchev–Trinajstić information content (AvgIpc) is 2.36. The summed E-state index contributed by atoms with van der Waals surface area (Å²) in [5.74, 6) is -3.40. The Morgan fingerprint density at radius 1 is 1.14 bits per heavy atom. The SMILES string of the molecule is Cl.NCC(F)(F)CNS(=O)(=O)c1cccc(S(N)(=O)=O)c1. The molecule has 0 unspecified atom stereocenters. The lowest BCUT2D eigenvalue weighted by Crippen LogP contribution is -2.41. The smallest absolute Gasteiger partial charge is 0.273 e. The first-order chi connectivity index (χ1) is 8.98.